The summed E-state index contributed by atoms with van der Waals surface area (Å²) in [5.74, 6) is 1.04. The van der Waals surface area contributed by atoms with Gasteiger partial charge in [0, 0.05) is 6.54 Å². The van der Waals surface area contributed by atoms with E-state index in [4.69, 9.17) is 5.11 Å². The molecule has 102 valence electrons. The second-order valence-corrected chi connectivity index (χ2v) is 5.57. The summed E-state index contributed by atoms with van der Waals surface area (Å²) < 4.78 is 13.1. The Balaban J connectivity index is 2.47. The Morgan fingerprint density at radius 3 is 2.28 bits per heavy atom. The van der Waals surface area contributed by atoms with Crippen LogP contribution < -0.4 is 5.32 Å². The normalized spacial score (nSPS) is 11.8. The van der Waals surface area contributed by atoms with E-state index in [1.54, 1.807) is 6.07 Å². The third-order valence-corrected chi connectivity index (χ3v) is 3.43. The number of aromatic hydroxyl groups is 1. The zero-order valence-electron chi connectivity index (χ0n) is 11.7. The number of phenols is 1. The predicted octanol–water partition coefficient (Wildman–Crippen LogP) is 3.55. The third kappa shape index (κ3) is 4.30. The van der Waals surface area contributed by atoms with E-state index in [9.17, 15) is 4.39 Å². The molecular formula is C15H24FNO. The largest absolute Gasteiger partial charge is 0.505 e. The molecule has 0 saturated heterocycles. The van der Waals surface area contributed by atoms with Crippen LogP contribution in [0.2, 0.25) is 0 Å². The predicted molar refractivity (Wildman–Crippen MR) is 72.9 cm³/mol. The lowest BCUT2D eigenvalue weighted by Gasteiger charge is -2.25. The summed E-state index contributed by atoms with van der Waals surface area (Å²) in [5.41, 5.74) is 0.858. The molecule has 0 aliphatic carbocycles. The summed E-state index contributed by atoms with van der Waals surface area (Å²) in [4.78, 5) is 0. The molecule has 1 aromatic carbocycles. The van der Waals surface area contributed by atoms with Crippen LogP contribution in [0.3, 0.4) is 0 Å². The van der Waals surface area contributed by atoms with Crippen molar-refractivity contribution in [3.63, 3.8) is 0 Å². The zero-order valence-corrected chi connectivity index (χ0v) is 11.7. The Kier molecular flexibility index (Phi) is 5.60. The lowest BCUT2D eigenvalue weighted by atomic mass is 9.85. The van der Waals surface area contributed by atoms with Crippen molar-refractivity contribution in [2.45, 2.75) is 34.2 Å². The van der Waals surface area contributed by atoms with Gasteiger partial charge in [-0.2, -0.15) is 0 Å². The quantitative estimate of drug-likeness (QED) is 0.812. The number of benzene rings is 1. The van der Waals surface area contributed by atoms with Gasteiger partial charge < -0.3 is 10.4 Å². The number of hydrogen-bond acceptors (Lipinski definition) is 2. The first-order chi connectivity index (χ1) is 8.41. The molecule has 0 aliphatic heterocycles. The summed E-state index contributed by atoms with van der Waals surface area (Å²) in [7, 11) is 0. The highest BCUT2D eigenvalue weighted by Gasteiger charge is 2.16. The molecule has 1 aromatic rings. The van der Waals surface area contributed by atoms with E-state index < -0.39 is 5.82 Å². The summed E-state index contributed by atoms with van der Waals surface area (Å²) in [6, 6.07) is 4.52. The first-order valence-corrected chi connectivity index (χ1v) is 6.60. The molecule has 3 heteroatoms. The van der Waals surface area contributed by atoms with Crippen molar-refractivity contribution in [3.05, 3.63) is 29.6 Å². The molecule has 0 amide bonds. The van der Waals surface area contributed by atoms with Crippen LogP contribution in [0, 0.1) is 23.6 Å². The van der Waals surface area contributed by atoms with Gasteiger partial charge in [-0.25, -0.2) is 4.39 Å². The smallest absolute Gasteiger partial charge is 0.165 e. The topological polar surface area (TPSA) is 32.3 Å². The van der Waals surface area contributed by atoms with Gasteiger partial charge >= 0.3 is 0 Å². The fraction of sp³-hybridized carbons (Fsp3) is 0.600. The Labute approximate surface area is 109 Å². The van der Waals surface area contributed by atoms with E-state index in [0.717, 1.165) is 12.1 Å². The number of halogens is 1. The second kappa shape index (κ2) is 6.74. The van der Waals surface area contributed by atoms with Crippen LogP contribution in [-0.4, -0.2) is 11.7 Å². The average Bonchev–Trinajstić information content (AvgIpc) is 2.28. The van der Waals surface area contributed by atoms with Gasteiger partial charge in [0.1, 0.15) is 0 Å². The molecule has 2 nitrogen and oxygen atoms in total. The van der Waals surface area contributed by atoms with Crippen molar-refractivity contribution >= 4 is 0 Å². The van der Waals surface area contributed by atoms with Crippen LogP contribution in [0.25, 0.3) is 0 Å². The summed E-state index contributed by atoms with van der Waals surface area (Å²) >= 11 is 0. The van der Waals surface area contributed by atoms with Crippen LogP contribution in [-0.2, 0) is 6.54 Å². The highest BCUT2D eigenvalue weighted by molar-refractivity contribution is 5.27. The lowest BCUT2D eigenvalue weighted by molar-refractivity contribution is 0.275. The zero-order chi connectivity index (χ0) is 13.7. The van der Waals surface area contributed by atoms with Gasteiger partial charge in [0.2, 0.25) is 0 Å². The molecule has 2 N–H and O–H groups in total. The summed E-state index contributed by atoms with van der Waals surface area (Å²) in [6.45, 7) is 10.5. The van der Waals surface area contributed by atoms with E-state index in [1.165, 1.54) is 12.1 Å². The van der Waals surface area contributed by atoms with E-state index >= 15 is 0 Å². The maximum atomic E-state index is 13.1. The van der Waals surface area contributed by atoms with Crippen LogP contribution in [0.1, 0.15) is 33.3 Å². The maximum absolute atomic E-state index is 13.1. The molecule has 0 heterocycles. The Morgan fingerprint density at radius 2 is 1.78 bits per heavy atom. The second-order valence-electron chi connectivity index (χ2n) is 5.57. The molecule has 0 fully saturated rings. The summed E-state index contributed by atoms with van der Waals surface area (Å²) in [5, 5.41) is 12.5. The molecule has 0 unspecified atom stereocenters. The van der Waals surface area contributed by atoms with Gasteiger partial charge in [0.25, 0.3) is 0 Å². The Morgan fingerprint density at radius 1 is 1.17 bits per heavy atom. The monoisotopic (exact) mass is 253 g/mol. The molecule has 0 atom stereocenters. The van der Waals surface area contributed by atoms with Crippen LogP contribution in [0.5, 0.6) is 5.75 Å². The van der Waals surface area contributed by atoms with Gasteiger partial charge in [0.05, 0.1) is 0 Å². The van der Waals surface area contributed by atoms with Gasteiger partial charge in [-0.05, 0) is 42.0 Å². The van der Waals surface area contributed by atoms with Crippen LogP contribution >= 0.6 is 0 Å². The molecule has 0 saturated carbocycles. The molecule has 0 aromatic heterocycles. The minimum absolute atomic E-state index is 0.291. The van der Waals surface area contributed by atoms with Crippen molar-refractivity contribution in [2.75, 3.05) is 6.54 Å². The highest BCUT2D eigenvalue weighted by Crippen LogP contribution is 2.20. The molecule has 0 spiro atoms. The van der Waals surface area contributed by atoms with Crippen LogP contribution in [0.15, 0.2) is 18.2 Å². The number of phenolic OH excluding ortho intramolecular Hbond substituents is 1. The van der Waals surface area contributed by atoms with Crippen molar-refractivity contribution in [1.29, 1.82) is 0 Å². The van der Waals surface area contributed by atoms with E-state index in [-0.39, 0.29) is 5.75 Å². The molecule has 0 bridgehead atoms. The maximum Gasteiger partial charge on any atom is 0.165 e. The third-order valence-electron chi connectivity index (χ3n) is 3.43. The minimum atomic E-state index is -0.557. The van der Waals surface area contributed by atoms with Crippen molar-refractivity contribution in [1.82, 2.24) is 5.32 Å². The summed E-state index contributed by atoms with van der Waals surface area (Å²) in [6.07, 6.45) is 0. The van der Waals surface area contributed by atoms with Gasteiger partial charge in [-0.1, -0.05) is 33.8 Å². The van der Waals surface area contributed by atoms with Gasteiger partial charge in [-0.3, -0.25) is 0 Å². The van der Waals surface area contributed by atoms with E-state index in [2.05, 4.69) is 33.0 Å². The SMILES string of the molecule is CC(C)C(CNCc1ccc(O)c(F)c1)C(C)C. The minimum Gasteiger partial charge on any atom is -0.505 e. The first kappa shape index (κ1) is 15.0. The number of rotatable bonds is 6. The van der Waals surface area contributed by atoms with E-state index in [1.807, 2.05) is 0 Å². The van der Waals surface area contributed by atoms with Gasteiger partial charge in [0.15, 0.2) is 11.6 Å². The molecule has 0 radical (unpaired) electrons. The fourth-order valence-corrected chi connectivity index (χ4v) is 2.28. The Hall–Kier alpha value is -1.09. The van der Waals surface area contributed by atoms with Crippen molar-refractivity contribution in [2.24, 2.45) is 17.8 Å². The molecule has 1 rings (SSSR count). The average molecular weight is 253 g/mol. The fourth-order valence-electron chi connectivity index (χ4n) is 2.28. The molecule has 18 heavy (non-hydrogen) atoms. The molecule has 0 aliphatic rings. The molecular weight excluding hydrogens is 229 g/mol. The number of nitrogens with one attached hydrogen (secondary N) is 1. The lowest BCUT2D eigenvalue weighted by Crippen LogP contribution is -2.29. The van der Waals surface area contributed by atoms with E-state index in [0.29, 0.717) is 24.3 Å². The van der Waals surface area contributed by atoms with Crippen molar-refractivity contribution < 1.29 is 9.50 Å². The van der Waals surface area contributed by atoms with Gasteiger partial charge in [-0.15, -0.1) is 0 Å². The highest BCUT2D eigenvalue weighted by atomic mass is 19.1. The number of hydrogen-bond donors (Lipinski definition) is 2. The first-order valence-electron chi connectivity index (χ1n) is 6.60. The standard InChI is InChI=1S/C15H24FNO/c1-10(2)13(11(3)4)9-17-8-12-5-6-15(18)14(16)7-12/h5-7,10-11,13,17-18H,8-9H2,1-4H3. The Bertz CT molecular complexity index is 369. The van der Waals surface area contributed by atoms with Crippen LogP contribution in [0.4, 0.5) is 4.39 Å². The van der Waals surface area contributed by atoms with Crippen molar-refractivity contribution in [3.8, 4) is 5.75 Å².